The summed E-state index contributed by atoms with van der Waals surface area (Å²) in [4.78, 5) is 32.6. The molecule has 6 nitrogen and oxygen atoms in total. The van der Waals surface area contributed by atoms with Crippen molar-refractivity contribution < 1.29 is 9.53 Å². The molecule has 0 spiro atoms. The third kappa shape index (κ3) is 4.96. The Morgan fingerprint density at radius 2 is 1.79 bits per heavy atom. The number of aromatic nitrogens is 2. The lowest BCUT2D eigenvalue weighted by atomic mass is 10.2. The van der Waals surface area contributed by atoms with Crippen LogP contribution in [-0.4, -0.2) is 28.3 Å². The fourth-order valence-corrected chi connectivity index (χ4v) is 5.33. The van der Waals surface area contributed by atoms with E-state index in [1.807, 2.05) is 69.3 Å². The molecule has 2 heterocycles. The molecule has 0 saturated carbocycles. The van der Waals surface area contributed by atoms with Crippen LogP contribution < -0.4 is 15.6 Å². The average molecular weight is 480 g/mol. The Hall–Kier alpha value is -3.10. The number of aryl methyl sites for hydroxylation is 3. The highest BCUT2D eigenvalue weighted by molar-refractivity contribution is 7.99. The second-order valence-electron chi connectivity index (χ2n) is 7.75. The molecule has 8 heteroatoms. The third-order valence-electron chi connectivity index (χ3n) is 5.45. The van der Waals surface area contributed by atoms with Gasteiger partial charge in [-0.15, -0.1) is 11.3 Å². The fourth-order valence-electron chi connectivity index (χ4n) is 3.42. The van der Waals surface area contributed by atoms with Crippen LogP contribution >= 0.6 is 23.1 Å². The lowest BCUT2D eigenvalue weighted by Gasteiger charge is -2.13. The maximum absolute atomic E-state index is 13.5. The number of carbonyl (C=O) groups is 1. The average Bonchev–Trinajstić information content (AvgIpc) is 3.11. The molecule has 4 aromatic rings. The molecule has 2 aromatic heterocycles. The largest absolute Gasteiger partial charge is 0.497 e. The van der Waals surface area contributed by atoms with E-state index in [4.69, 9.17) is 9.72 Å². The number of nitrogens with zero attached hydrogens (tertiary/aromatic N) is 2. The van der Waals surface area contributed by atoms with Gasteiger partial charge in [-0.2, -0.15) is 0 Å². The first kappa shape index (κ1) is 23.1. The first-order valence-electron chi connectivity index (χ1n) is 10.5. The van der Waals surface area contributed by atoms with E-state index in [-0.39, 0.29) is 17.2 Å². The van der Waals surface area contributed by atoms with Gasteiger partial charge >= 0.3 is 0 Å². The lowest BCUT2D eigenvalue weighted by molar-refractivity contribution is -0.118. The van der Waals surface area contributed by atoms with E-state index < -0.39 is 0 Å². The summed E-state index contributed by atoms with van der Waals surface area (Å²) in [7, 11) is 1.62. The Morgan fingerprint density at radius 3 is 2.45 bits per heavy atom. The Bertz CT molecular complexity index is 1360. The van der Waals surface area contributed by atoms with Gasteiger partial charge in [0.2, 0.25) is 5.91 Å². The van der Waals surface area contributed by atoms with Crippen LogP contribution in [0.5, 0.6) is 5.75 Å². The summed E-state index contributed by atoms with van der Waals surface area (Å²) in [6.45, 7) is 6.38. The molecule has 0 saturated heterocycles. The van der Waals surface area contributed by atoms with Crippen LogP contribution in [0.1, 0.15) is 21.6 Å². The van der Waals surface area contributed by atoms with E-state index in [1.54, 1.807) is 11.7 Å². The van der Waals surface area contributed by atoms with E-state index in [1.165, 1.54) is 23.1 Å². The maximum Gasteiger partial charge on any atom is 0.267 e. The van der Waals surface area contributed by atoms with Crippen molar-refractivity contribution in [3.63, 3.8) is 0 Å². The molecule has 0 atom stereocenters. The topological polar surface area (TPSA) is 73.2 Å². The fraction of sp³-hybridized carbons (Fsp3) is 0.240. The molecule has 2 aromatic carbocycles. The second-order valence-corrected chi connectivity index (χ2v) is 9.89. The monoisotopic (exact) mass is 479 g/mol. The van der Waals surface area contributed by atoms with Gasteiger partial charge in [0.05, 0.1) is 23.9 Å². The predicted molar refractivity (Wildman–Crippen MR) is 135 cm³/mol. The Labute approximate surface area is 200 Å². The minimum absolute atomic E-state index is 0.105. The minimum Gasteiger partial charge on any atom is -0.497 e. The number of thiophene rings is 1. The molecule has 0 aliphatic carbocycles. The van der Waals surface area contributed by atoms with E-state index in [0.717, 1.165) is 33.0 Å². The molecule has 1 amide bonds. The van der Waals surface area contributed by atoms with Crippen LogP contribution in [0.2, 0.25) is 0 Å². The van der Waals surface area contributed by atoms with Gasteiger partial charge in [-0.1, -0.05) is 41.6 Å². The SMILES string of the molecule is COc1ccc(CNC(=O)CSc2nc3sc(C)c(C)c3c(=O)n2-c2ccc(C)cc2)cc1. The number of hydrogen-bond donors (Lipinski definition) is 1. The number of carbonyl (C=O) groups excluding carboxylic acids is 1. The smallest absolute Gasteiger partial charge is 0.267 e. The molecule has 0 aliphatic heterocycles. The summed E-state index contributed by atoms with van der Waals surface area (Å²) in [5, 5.41) is 4.08. The number of nitrogens with one attached hydrogen (secondary N) is 1. The predicted octanol–water partition coefficient (Wildman–Crippen LogP) is 4.79. The van der Waals surface area contributed by atoms with Crippen molar-refractivity contribution in [2.24, 2.45) is 0 Å². The van der Waals surface area contributed by atoms with Crippen molar-refractivity contribution in [2.75, 3.05) is 12.9 Å². The Kier molecular flexibility index (Phi) is 6.85. The molecule has 1 N–H and O–H groups in total. The Balaban J connectivity index is 1.58. The van der Waals surface area contributed by atoms with Gasteiger partial charge in [0, 0.05) is 11.4 Å². The third-order valence-corrected chi connectivity index (χ3v) is 7.49. The quantitative estimate of drug-likeness (QED) is 0.305. The number of methoxy groups -OCH3 is 1. The summed E-state index contributed by atoms with van der Waals surface area (Å²) < 4.78 is 6.77. The molecule has 4 rings (SSSR count). The summed E-state index contributed by atoms with van der Waals surface area (Å²) in [5.41, 5.74) is 3.68. The highest BCUT2D eigenvalue weighted by atomic mass is 32.2. The molecule has 0 unspecified atom stereocenters. The zero-order chi connectivity index (χ0) is 23.5. The van der Waals surface area contributed by atoms with Gasteiger partial charge in [-0.3, -0.25) is 14.2 Å². The molecular formula is C25H25N3O3S2. The van der Waals surface area contributed by atoms with Gasteiger partial charge in [0.15, 0.2) is 5.16 Å². The highest BCUT2D eigenvalue weighted by Gasteiger charge is 2.18. The number of benzene rings is 2. The van der Waals surface area contributed by atoms with E-state index >= 15 is 0 Å². The highest BCUT2D eigenvalue weighted by Crippen LogP contribution is 2.29. The van der Waals surface area contributed by atoms with Crippen molar-refractivity contribution >= 4 is 39.2 Å². The lowest BCUT2D eigenvalue weighted by Crippen LogP contribution is -2.26. The maximum atomic E-state index is 13.5. The molecule has 33 heavy (non-hydrogen) atoms. The zero-order valence-corrected chi connectivity index (χ0v) is 20.6. The summed E-state index contributed by atoms with van der Waals surface area (Å²) >= 11 is 2.78. The van der Waals surface area contributed by atoms with Gasteiger partial charge in [-0.05, 0) is 56.2 Å². The number of ether oxygens (including phenoxy) is 1. The molecule has 0 aliphatic rings. The number of rotatable bonds is 7. The van der Waals surface area contributed by atoms with Crippen LogP contribution in [0.15, 0.2) is 58.5 Å². The summed E-state index contributed by atoms with van der Waals surface area (Å²) in [5.74, 6) is 0.804. The van der Waals surface area contributed by atoms with Crippen LogP contribution in [-0.2, 0) is 11.3 Å². The van der Waals surface area contributed by atoms with Crippen molar-refractivity contribution in [2.45, 2.75) is 32.5 Å². The second kappa shape index (κ2) is 9.80. The van der Waals surface area contributed by atoms with Gasteiger partial charge in [0.25, 0.3) is 5.56 Å². The summed E-state index contributed by atoms with van der Waals surface area (Å²) in [6, 6.07) is 15.3. The van der Waals surface area contributed by atoms with Crippen molar-refractivity contribution in [1.82, 2.24) is 14.9 Å². The summed E-state index contributed by atoms with van der Waals surface area (Å²) in [6.07, 6.45) is 0. The van der Waals surface area contributed by atoms with E-state index in [0.29, 0.717) is 21.9 Å². The normalized spacial score (nSPS) is 11.0. The van der Waals surface area contributed by atoms with Crippen molar-refractivity contribution in [1.29, 1.82) is 0 Å². The van der Waals surface area contributed by atoms with E-state index in [9.17, 15) is 9.59 Å². The number of hydrogen-bond acceptors (Lipinski definition) is 6. The molecule has 0 bridgehead atoms. The van der Waals surface area contributed by atoms with Gasteiger partial charge < -0.3 is 10.1 Å². The van der Waals surface area contributed by atoms with Crippen molar-refractivity contribution in [3.8, 4) is 11.4 Å². The van der Waals surface area contributed by atoms with E-state index in [2.05, 4.69) is 5.32 Å². The molecular weight excluding hydrogens is 454 g/mol. The molecule has 170 valence electrons. The minimum atomic E-state index is -0.126. The van der Waals surface area contributed by atoms with Crippen LogP contribution in [0, 0.1) is 20.8 Å². The number of thioether (sulfide) groups is 1. The van der Waals surface area contributed by atoms with Crippen LogP contribution in [0.3, 0.4) is 0 Å². The van der Waals surface area contributed by atoms with Crippen LogP contribution in [0.4, 0.5) is 0 Å². The molecule has 0 radical (unpaired) electrons. The van der Waals surface area contributed by atoms with Gasteiger partial charge in [-0.25, -0.2) is 4.98 Å². The zero-order valence-electron chi connectivity index (χ0n) is 19.0. The standard InChI is InChI=1S/C25H25N3O3S2/c1-15-5-9-19(10-6-15)28-24(30)22-16(2)17(3)33-23(22)27-25(28)32-14-21(29)26-13-18-7-11-20(31-4)12-8-18/h5-12H,13-14H2,1-4H3,(H,26,29). The first-order valence-corrected chi connectivity index (χ1v) is 12.3. The Morgan fingerprint density at radius 1 is 1.09 bits per heavy atom. The number of fused-ring (bicyclic) bond motifs is 1. The number of amides is 1. The molecule has 0 fully saturated rings. The van der Waals surface area contributed by atoms with Crippen LogP contribution in [0.25, 0.3) is 15.9 Å². The van der Waals surface area contributed by atoms with Crippen molar-refractivity contribution in [3.05, 3.63) is 80.5 Å². The van der Waals surface area contributed by atoms with Gasteiger partial charge in [0.1, 0.15) is 10.6 Å². The first-order chi connectivity index (χ1) is 15.9.